The van der Waals surface area contributed by atoms with Gasteiger partial charge in [0.2, 0.25) is 0 Å². The van der Waals surface area contributed by atoms with Crippen LogP contribution >= 0.6 is 24.0 Å². The Morgan fingerprint density at radius 2 is 2.03 bits per heavy atom. The van der Waals surface area contributed by atoms with E-state index in [-0.39, 0.29) is 29.4 Å². The zero-order valence-corrected chi connectivity index (χ0v) is 21.7. The van der Waals surface area contributed by atoms with E-state index in [9.17, 15) is 0 Å². The Hall–Kier alpha value is -1.81. The zero-order valence-electron chi connectivity index (χ0n) is 19.4. The number of aliphatic imine (C=N–C) groups is 1. The van der Waals surface area contributed by atoms with Crippen molar-refractivity contribution >= 4 is 29.9 Å². The predicted octanol–water partition coefficient (Wildman–Crippen LogP) is 3.72. The van der Waals surface area contributed by atoms with Gasteiger partial charge in [-0.15, -0.1) is 24.0 Å². The molecule has 2 unspecified atom stereocenters. The third-order valence-corrected chi connectivity index (χ3v) is 7.07. The number of likely N-dealkylation sites (tertiary alicyclic amines) is 1. The highest BCUT2D eigenvalue weighted by Crippen LogP contribution is 2.35. The van der Waals surface area contributed by atoms with Gasteiger partial charge in [-0.25, -0.2) is 4.98 Å². The molecule has 4 rings (SSSR count). The molecule has 2 saturated heterocycles. The van der Waals surface area contributed by atoms with E-state index in [2.05, 4.69) is 62.1 Å². The molecule has 3 heterocycles. The maximum absolute atomic E-state index is 5.71. The number of methoxy groups -OCH3 is 1. The minimum absolute atomic E-state index is 0. The van der Waals surface area contributed by atoms with Crippen LogP contribution in [-0.4, -0.2) is 67.4 Å². The topological polar surface area (TPSA) is 63.9 Å². The maximum Gasteiger partial charge on any atom is 0.193 e. The van der Waals surface area contributed by atoms with E-state index in [0.29, 0.717) is 12.0 Å². The van der Waals surface area contributed by atoms with Crippen LogP contribution in [0.5, 0.6) is 5.75 Å². The van der Waals surface area contributed by atoms with Gasteiger partial charge in [0.05, 0.1) is 19.5 Å². The first-order valence-corrected chi connectivity index (χ1v) is 11.3. The van der Waals surface area contributed by atoms with Crippen molar-refractivity contribution in [1.82, 2.24) is 19.8 Å². The molecule has 0 bridgehead atoms. The van der Waals surface area contributed by atoms with Crippen LogP contribution in [0.15, 0.2) is 48.0 Å². The summed E-state index contributed by atoms with van der Waals surface area (Å²) < 4.78 is 13.3. The Kier molecular flexibility index (Phi) is 8.81. The molecule has 2 atom stereocenters. The highest BCUT2D eigenvalue weighted by Gasteiger charge is 2.36. The van der Waals surface area contributed by atoms with Crippen LogP contribution in [0.3, 0.4) is 0 Å². The molecule has 1 N–H and O–H groups in total. The van der Waals surface area contributed by atoms with Crippen LogP contribution in [0.25, 0.3) is 0 Å². The number of benzene rings is 1. The fourth-order valence-corrected chi connectivity index (χ4v) is 4.95. The molecular formula is C24H36IN5O2. The lowest BCUT2D eigenvalue weighted by molar-refractivity contribution is 0.0510. The number of guanidine groups is 1. The van der Waals surface area contributed by atoms with Gasteiger partial charge in [0.1, 0.15) is 5.75 Å². The highest BCUT2D eigenvalue weighted by molar-refractivity contribution is 14.0. The number of halogens is 1. The van der Waals surface area contributed by atoms with Gasteiger partial charge in [0.25, 0.3) is 0 Å². The molecular weight excluding hydrogens is 517 g/mol. The zero-order chi connectivity index (χ0) is 21.7. The number of nitrogens with zero attached hydrogens (tertiary/aromatic N) is 4. The van der Waals surface area contributed by atoms with E-state index in [4.69, 9.17) is 9.47 Å². The van der Waals surface area contributed by atoms with Gasteiger partial charge in [-0.3, -0.25) is 4.99 Å². The Labute approximate surface area is 208 Å². The largest absolute Gasteiger partial charge is 0.497 e. The number of rotatable bonds is 5. The first-order chi connectivity index (χ1) is 15.1. The van der Waals surface area contributed by atoms with Crippen LogP contribution in [0.2, 0.25) is 0 Å². The van der Waals surface area contributed by atoms with Crippen molar-refractivity contribution in [3.05, 3.63) is 48.5 Å². The Morgan fingerprint density at radius 1 is 1.28 bits per heavy atom. The lowest BCUT2D eigenvalue weighted by atomic mass is 9.74. The van der Waals surface area contributed by atoms with E-state index < -0.39 is 0 Å². The van der Waals surface area contributed by atoms with E-state index in [1.165, 1.54) is 5.56 Å². The Balaban J connectivity index is 0.00000289. The Morgan fingerprint density at radius 3 is 2.66 bits per heavy atom. The van der Waals surface area contributed by atoms with Gasteiger partial charge in [0.15, 0.2) is 5.96 Å². The normalized spacial score (nSPS) is 23.3. The molecule has 0 radical (unpaired) electrons. The minimum atomic E-state index is 0. The van der Waals surface area contributed by atoms with Crippen molar-refractivity contribution in [1.29, 1.82) is 0 Å². The molecule has 0 saturated carbocycles. The second-order valence-electron chi connectivity index (χ2n) is 8.81. The molecule has 2 aliphatic rings. The van der Waals surface area contributed by atoms with E-state index in [0.717, 1.165) is 63.8 Å². The number of ether oxygens (including phenoxy) is 2. The molecule has 1 aromatic heterocycles. The summed E-state index contributed by atoms with van der Waals surface area (Å²) in [5.74, 6) is 2.49. The van der Waals surface area contributed by atoms with Crippen LogP contribution < -0.4 is 10.1 Å². The fraction of sp³-hybridized carbons (Fsp3) is 0.583. The summed E-state index contributed by atoms with van der Waals surface area (Å²) in [4.78, 5) is 11.3. The van der Waals surface area contributed by atoms with Crippen molar-refractivity contribution in [2.75, 3.05) is 47.0 Å². The quantitative estimate of drug-likeness (QED) is 0.348. The minimum Gasteiger partial charge on any atom is -0.497 e. The maximum atomic E-state index is 5.71. The van der Waals surface area contributed by atoms with Gasteiger partial charge >= 0.3 is 0 Å². The second kappa shape index (κ2) is 11.4. The van der Waals surface area contributed by atoms with Gasteiger partial charge in [-0.2, -0.15) is 0 Å². The molecule has 176 valence electrons. The standard InChI is InChI=1S/C24H35N5O2.HI/c1-19-8-12-28(16-22(19)29-13-11-26-18-29)23(25-2)27-17-24(9-14-31-15-10-24)20-4-6-21(30-3)7-5-20;/h4-7,11,13,18-19,22H,8-10,12,14-17H2,1-3H3,(H,25,27);1H. The summed E-state index contributed by atoms with van der Waals surface area (Å²) in [6.07, 6.45) is 9.00. The summed E-state index contributed by atoms with van der Waals surface area (Å²) in [5, 5.41) is 3.72. The molecule has 0 aliphatic carbocycles. The van der Waals surface area contributed by atoms with Crippen LogP contribution in [0.1, 0.15) is 37.8 Å². The molecule has 2 fully saturated rings. The number of piperidine rings is 1. The lowest BCUT2D eigenvalue weighted by Crippen LogP contribution is -2.52. The number of aromatic nitrogens is 2. The third kappa shape index (κ3) is 5.39. The SMILES string of the molecule is CN=C(NCC1(c2ccc(OC)cc2)CCOCC1)N1CCC(C)C(n2ccnc2)C1.I. The van der Waals surface area contributed by atoms with Gasteiger partial charge < -0.3 is 24.3 Å². The molecule has 2 aliphatic heterocycles. The Bertz CT molecular complexity index is 850. The van der Waals surface area contributed by atoms with Gasteiger partial charge in [-0.05, 0) is 42.9 Å². The van der Waals surface area contributed by atoms with Crippen molar-refractivity contribution in [3.8, 4) is 5.75 Å². The first-order valence-electron chi connectivity index (χ1n) is 11.3. The summed E-state index contributed by atoms with van der Waals surface area (Å²) in [7, 11) is 3.60. The third-order valence-electron chi connectivity index (χ3n) is 7.07. The van der Waals surface area contributed by atoms with Crippen molar-refractivity contribution in [2.45, 2.75) is 37.6 Å². The average Bonchev–Trinajstić information content (AvgIpc) is 3.36. The second-order valence-corrected chi connectivity index (χ2v) is 8.81. The van der Waals surface area contributed by atoms with E-state index in [1.807, 2.05) is 19.6 Å². The molecule has 0 spiro atoms. The van der Waals surface area contributed by atoms with E-state index in [1.54, 1.807) is 7.11 Å². The van der Waals surface area contributed by atoms with Crippen molar-refractivity contribution < 1.29 is 9.47 Å². The van der Waals surface area contributed by atoms with E-state index >= 15 is 0 Å². The number of imidazole rings is 1. The lowest BCUT2D eigenvalue weighted by Gasteiger charge is -2.42. The highest BCUT2D eigenvalue weighted by atomic mass is 127. The van der Waals surface area contributed by atoms with Gasteiger partial charge in [0, 0.05) is 57.7 Å². The summed E-state index contributed by atoms with van der Waals surface area (Å²) in [6, 6.07) is 8.93. The molecule has 8 heteroatoms. The number of hydrogen-bond acceptors (Lipinski definition) is 4. The first kappa shape index (κ1) is 24.8. The van der Waals surface area contributed by atoms with Crippen LogP contribution in [-0.2, 0) is 10.2 Å². The summed E-state index contributed by atoms with van der Waals surface area (Å²) in [6.45, 7) is 6.71. The van der Waals surface area contributed by atoms with Crippen molar-refractivity contribution in [2.24, 2.45) is 10.9 Å². The summed E-state index contributed by atoms with van der Waals surface area (Å²) >= 11 is 0. The predicted molar refractivity (Wildman–Crippen MR) is 138 cm³/mol. The summed E-state index contributed by atoms with van der Waals surface area (Å²) in [5.41, 5.74) is 1.37. The monoisotopic (exact) mass is 553 g/mol. The molecule has 0 amide bonds. The average molecular weight is 553 g/mol. The van der Waals surface area contributed by atoms with Crippen LogP contribution in [0.4, 0.5) is 0 Å². The number of hydrogen-bond donors (Lipinski definition) is 1. The smallest absolute Gasteiger partial charge is 0.193 e. The molecule has 1 aromatic carbocycles. The van der Waals surface area contributed by atoms with Gasteiger partial charge in [-0.1, -0.05) is 19.1 Å². The molecule has 2 aromatic rings. The van der Waals surface area contributed by atoms with Crippen LogP contribution in [0, 0.1) is 5.92 Å². The molecule has 32 heavy (non-hydrogen) atoms. The number of nitrogens with one attached hydrogen (secondary N) is 1. The van der Waals surface area contributed by atoms with Crippen molar-refractivity contribution in [3.63, 3.8) is 0 Å². The molecule has 7 nitrogen and oxygen atoms in total. The fourth-order valence-electron chi connectivity index (χ4n) is 4.95.